The highest BCUT2D eigenvalue weighted by Gasteiger charge is 2.40. The Balaban J connectivity index is 1.56. The second kappa shape index (κ2) is 12.3. The van der Waals surface area contributed by atoms with Crippen LogP contribution in [0, 0.1) is 17.7 Å². The molecule has 3 aromatic carbocycles. The van der Waals surface area contributed by atoms with Gasteiger partial charge in [-0.25, -0.2) is 4.39 Å². The van der Waals surface area contributed by atoms with E-state index in [0.29, 0.717) is 11.5 Å². The average molecular weight is 525 g/mol. The molecule has 38 heavy (non-hydrogen) atoms. The van der Waals surface area contributed by atoms with Crippen molar-refractivity contribution in [1.29, 1.82) is 0 Å². The van der Waals surface area contributed by atoms with E-state index in [2.05, 4.69) is 26.0 Å². The van der Waals surface area contributed by atoms with Crippen molar-refractivity contribution in [3.63, 3.8) is 0 Å². The summed E-state index contributed by atoms with van der Waals surface area (Å²) >= 11 is 0. The van der Waals surface area contributed by atoms with Gasteiger partial charge in [0, 0.05) is 17.5 Å². The van der Waals surface area contributed by atoms with Crippen LogP contribution in [0.15, 0.2) is 60.7 Å². The van der Waals surface area contributed by atoms with Gasteiger partial charge in [0.2, 0.25) is 0 Å². The Bertz CT molecular complexity index is 1220. The number of benzene rings is 3. The van der Waals surface area contributed by atoms with Crippen molar-refractivity contribution in [2.75, 3.05) is 0 Å². The van der Waals surface area contributed by atoms with Crippen molar-refractivity contribution in [3.05, 3.63) is 83.2 Å². The van der Waals surface area contributed by atoms with E-state index in [-0.39, 0.29) is 17.9 Å². The molecule has 1 fully saturated rings. The molecule has 1 aliphatic carbocycles. The molecule has 0 aliphatic heterocycles. The zero-order valence-corrected chi connectivity index (χ0v) is 22.2. The van der Waals surface area contributed by atoms with Gasteiger partial charge in [0.25, 0.3) is 0 Å². The molecule has 1 saturated carbocycles. The van der Waals surface area contributed by atoms with Gasteiger partial charge in [-0.3, -0.25) is 4.79 Å². The number of carbonyl (C=O) groups excluding carboxylic acids is 1. The molecule has 0 radical (unpaired) electrons. The summed E-state index contributed by atoms with van der Waals surface area (Å²) in [5.74, 6) is -1.31. The molecule has 0 spiro atoms. The third-order valence-corrected chi connectivity index (χ3v) is 7.89. The maximum atomic E-state index is 15.5. The van der Waals surface area contributed by atoms with Crippen LogP contribution in [0.25, 0.3) is 22.3 Å². The van der Waals surface area contributed by atoms with Gasteiger partial charge in [-0.2, -0.15) is 13.2 Å². The van der Waals surface area contributed by atoms with Gasteiger partial charge < -0.3 is 0 Å². The zero-order valence-electron chi connectivity index (χ0n) is 22.2. The number of rotatable bonds is 9. The summed E-state index contributed by atoms with van der Waals surface area (Å²) in [5, 5.41) is 0. The Kier molecular flexibility index (Phi) is 9.07. The second-order valence-electron chi connectivity index (χ2n) is 10.7. The van der Waals surface area contributed by atoms with E-state index in [1.54, 1.807) is 24.3 Å². The third kappa shape index (κ3) is 6.54. The van der Waals surface area contributed by atoms with Crippen LogP contribution in [-0.4, -0.2) is 5.78 Å². The van der Waals surface area contributed by atoms with Crippen molar-refractivity contribution in [1.82, 2.24) is 0 Å². The number of Topliss-reactive ketones (excluding diaryl/α,β-unsaturated/α-hetero) is 1. The second-order valence-corrected chi connectivity index (χ2v) is 10.7. The molecule has 5 heteroatoms. The molecule has 0 heterocycles. The van der Waals surface area contributed by atoms with Crippen molar-refractivity contribution in [3.8, 4) is 22.3 Å². The Morgan fingerprint density at radius 1 is 0.763 bits per heavy atom. The lowest BCUT2D eigenvalue weighted by atomic mass is 9.77. The van der Waals surface area contributed by atoms with E-state index in [1.807, 2.05) is 12.1 Å². The largest absolute Gasteiger partial charge is 0.419 e. The highest BCUT2D eigenvalue weighted by Crippen LogP contribution is 2.40. The molecule has 0 unspecified atom stereocenters. The number of hydrogen-bond donors (Lipinski definition) is 0. The summed E-state index contributed by atoms with van der Waals surface area (Å²) in [7, 11) is 0. The quantitative estimate of drug-likeness (QED) is 0.201. The number of carbonyl (C=O) groups is 1. The minimum atomic E-state index is -4.97. The van der Waals surface area contributed by atoms with Crippen molar-refractivity contribution < 1.29 is 22.4 Å². The predicted octanol–water partition coefficient (Wildman–Crippen LogP) is 10.3. The summed E-state index contributed by atoms with van der Waals surface area (Å²) in [6.07, 6.45) is 3.08. The molecule has 202 valence electrons. The molecule has 0 N–H and O–H groups in total. The van der Waals surface area contributed by atoms with Crippen LogP contribution in [0.5, 0.6) is 0 Å². The smallest absolute Gasteiger partial charge is 0.294 e. The van der Waals surface area contributed by atoms with E-state index in [1.165, 1.54) is 11.6 Å². The van der Waals surface area contributed by atoms with Gasteiger partial charge in [0.1, 0.15) is 11.4 Å². The van der Waals surface area contributed by atoms with Gasteiger partial charge in [-0.15, -0.1) is 0 Å². The van der Waals surface area contributed by atoms with Crippen molar-refractivity contribution in [2.24, 2.45) is 11.8 Å². The summed E-state index contributed by atoms with van der Waals surface area (Å²) in [4.78, 5) is 13.0. The fourth-order valence-electron chi connectivity index (χ4n) is 5.81. The molecular formula is C33H36F4O. The van der Waals surface area contributed by atoms with Crippen LogP contribution in [-0.2, 0) is 12.6 Å². The molecule has 0 aromatic heterocycles. The number of ketones is 1. The molecule has 1 nitrogen and oxygen atoms in total. The van der Waals surface area contributed by atoms with Crippen LogP contribution >= 0.6 is 0 Å². The molecule has 4 rings (SSSR count). The summed E-state index contributed by atoms with van der Waals surface area (Å²) in [5.41, 5.74) is 1.31. The average Bonchev–Trinajstić information content (AvgIpc) is 2.90. The number of halogens is 4. The van der Waals surface area contributed by atoms with Gasteiger partial charge in [-0.1, -0.05) is 101 Å². The summed E-state index contributed by atoms with van der Waals surface area (Å²) < 4.78 is 57.6. The highest BCUT2D eigenvalue weighted by atomic mass is 19.4. The number of hydrogen-bond acceptors (Lipinski definition) is 1. The van der Waals surface area contributed by atoms with Gasteiger partial charge in [0.05, 0.1) is 0 Å². The topological polar surface area (TPSA) is 17.1 Å². The first-order valence-electron chi connectivity index (χ1n) is 13.8. The predicted molar refractivity (Wildman–Crippen MR) is 146 cm³/mol. The Hall–Kier alpha value is -2.95. The molecular weight excluding hydrogens is 488 g/mol. The molecule has 0 atom stereocenters. The maximum Gasteiger partial charge on any atom is 0.419 e. The van der Waals surface area contributed by atoms with Crippen LogP contribution < -0.4 is 0 Å². The first-order valence-corrected chi connectivity index (χ1v) is 13.8. The molecule has 0 amide bonds. The monoisotopic (exact) mass is 524 g/mol. The van der Waals surface area contributed by atoms with E-state index in [0.717, 1.165) is 68.6 Å². The lowest BCUT2D eigenvalue weighted by Gasteiger charge is -2.28. The van der Waals surface area contributed by atoms with Crippen LogP contribution in [0.2, 0.25) is 0 Å². The van der Waals surface area contributed by atoms with E-state index in [4.69, 9.17) is 0 Å². The van der Waals surface area contributed by atoms with Gasteiger partial charge >= 0.3 is 6.18 Å². The zero-order chi connectivity index (χ0) is 27.3. The lowest BCUT2D eigenvalue weighted by Crippen LogP contribution is -2.21. The number of alkyl halides is 3. The Morgan fingerprint density at radius 3 is 1.87 bits per heavy atom. The minimum absolute atomic E-state index is 0.0342. The molecule has 0 saturated heterocycles. The lowest BCUT2D eigenvalue weighted by molar-refractivity contribution is -0.140. The highest BCUT2D eigenvalue weighted by molar-refractivity contribution is 5.98. The van der Waals surface area contributed by atoms with E-state index < -0.39 is 28.9 Å². The number of aryl methyl sites for hydroxylation is 1. The summed E-state index contributed by atoms with van der Waals surface area (Å²) in [6.45, 7) is 4.27. The van der Waals surface area contributed by atoms with Crippen molar-refractivity contribution in [2.45, 2.75) is 77.8 Å². The van der Waals surface area contributed by atoms with Crippen molar-refractivity contribution >= 4 is 5.78 Å². The van der Waals surface area contributed by atoms with Crippen LogP contribution in [0.3, 0.4) is 0 Å². The Morgan fingerprint density at radius 2 is 1.32 bits per heavy atom. The minimum Gasteiger partial charge on any atom is -0.294 e. The molecule has 0 bridgehead atoms. The summed E-state index contributed by atoms with van der Waals surface area (Å²) in [6, 6.07) is 17.4. The Labute approximate surface area is 223 Å². The SMILES string of the molecule is CCCc1ccc(-c2ccc(-c3ccc(C(=O)CC4CCC(CCC)CC4)c(C(F)(F)F)c3F)cc2)cc1. The van der Waals surface area contributed by atoms with Crippen LogP contribution in [0.1, 0.15) is 86.7 Å². The van der Waals surface area contributed by atoms with E-state index in [9.17, 15) is 18.0 Å². The first-order chi connectivity index (χ1) is 18.2. The third-order valence-electron chi connectivity index (χ3n) is 7.89. The normalized spacial score (nSPS) is 17.9. The van der Waals surface area contributed by atoms with Gasteiger partial charge in [-0.05, 0) is 59.4 Å². The molecule has 3 aromatic rings. The van der Waals surface area contributed by atoms with Crippen LogP contribution in [0.4, 0.5) is 17.6 Å². The van der Waals surface area contributed by atoms with Gasteiger partial charge in [0.15, 0.2) is 5.78 Å². The standard InChI is InChI=1S/C33H36F4O/c1-3-5-22-7-9-24(10-8-22)21-30(38)29-20-19-28(32(34)31(29)33(35,36)37)27-17-15-26(16-18-27)25-13-11-23(6-4-2)12-14-25/h11-20,22,24H,3-10,21H2,1-2H3. The fraction of sp³-hybridized carbons (Fsp3) is 0.424. The maximum absolute atomic E-state index is 15.5. The van der Waals surface area contributed by atoms with E-state index >= 15 is 4.39 Å². The molecule has 1 aliphatic rings. The fourth-order valence-corrected chi connectivity index (χ4v) is 5.81. The first kappa shape index (κ1) is 28.1.